The molecule has 0 aliphatic carbocycles. The minimum Gasteiger partial charge on any atom is -0.484 e. The molecule has 2 aromatic rings. The number of ether oxygens (including phenoxy) is 1. The highest BCUT2D eigenvalue weighted by Gasteiger charge is 2.24. The number of carbonyl (C=O) groups excluding carboxylic acids is 2. The number of aromatic nitrogens is 2. The number of amides is 2. The lowest BCUT2D eigenvalue weighted by molar-refractivity contribution is -0.134. The molecule has 0 spiro atoms. The predicted molar refractivity (Wildman–Crippen MR) is 105 cm³/mol. The van der Waals surface area contributed by atoms with Gasteiger partial charge in [-0.25, -0.2) is 0 Å². The smallest absolute Gasteiger partial charge is 0.260 e. The number of hydrogen-bond acceptors (Lipinski definition) is 4. The molecule has 1 fully saturated rings. The van der Waals surface area contributed by atoms with Crippen LogP contribution in [-0.2, 0) is 11.8 Å². The van der Waals surface area contributed by atoms with E-state index in [4.69, 9.17) is 4.74 Å². The number of carbonyl (C=O) groups is 2. The van der Waals surface area contributed by atoms with Gasteiger partial charge >= 0.3 is 0 Å². The van der Waals surface area contributed by atoms with E-state index in [-0.39, 0.29) is 24.5 Å². The van der Waals surface area contributed by atoms with Gasteiger partial charge in [0.15, 0.2) is 6.61 Å². The molecule has 138 valence electrons. The average Bonchev–Trinajstić information content (AvgIpc) is 3.08. The first kappa shape index (κ1) is 18.7. The van der Waals surface area contributed by atoms with Crippen LogP contribution in [0.1, 0.15) is 23.2 Å². The average molecular weight is 468 g/mol. The third-order valence-electron chi connectivity index (χ3n) is 4.33. The maximum Gasteiger partial charge on any atom is 0.260 e. The summed E-state index contributed by atoms with van der Waals surface area (Å²) in [6, 6.07) is 7.67. The lowest BCUT2D eigenvalue weighted by atomic mass is 10.0. The lowest BCUT2D eigenvalue weighted by Gasteiger charge is -2.32. The Morgan fingerprint density at radius 3 is 2.58 bits per heavy atom. The Morgan fingerprint density at radius 2 is 1.96 bits per heavy atom. The van der Waals surface area contributed by atoms with Crippen molar-refractivity contribution in [2.75, 3.05) is 19.7 Å². The largest absolute Gasteiger partial charge is 0.484 e. The number of rotatable bonds is 5. The monoisotopic (exact) mass is 468 g/mol. The predicted octanol–water partition coefficient (Wildman–Crippen LogP) is 1.82. The molecule has 8 heteroatoms. The highest BCUT2D eigenvalue weighted by atomic mass is 127. The first-order chi connectivity index (χ1) is 12.5. The second kappa shape index (κ2) is 8.52. The maximum atomic E-state index is 12.3. The highest BCUT2D eigenvalue weighted by molar-refractivity contribution is 14.1. The molecule has 2 heterocycles. The van der Waals surface area contributed by atoms with Gasteiger partial charge in [0, 0.05) is 35.9 Å². The molecule has 0 atom stereocenters. The summed E-state index contributed by atoms with van der Waals surface area (Å²) in [6.45, 7) is 1.27. The van der Waals surface area contributed by atoms with Crippen molar-refractivity contribution in [2.24, 2.45) is 7.05 Å². The van der Waals surface area contributed by atoms with Gasteiger partial charge in [-0.15, -0.1) is 0 Å². The van der Waals surface area contributed by atoms with Crippen LogP contribution in [-0.4, -0.2) is 52.2 Å². The summed E-state index contributed by atoms with van der Waals surface area (Å²) >= 11 is 2.22. The van der Waals surface area contributed by atoms with Crippen LogP contribution in [0.2, 0.25) is 0 Å². The standard InChI is InChI=1S/C18H21IN4O3/c1-22-11-13(10-20-22)18(25)21-15-6-8-23(9-7-15)17(24)12-26-16-4-2-14(19)3-5-16/h2-5,10-11,15H,6-9,12H2,1H3,(H,21,25). The SMILES string of the molecule is Cn1cc(C(=O)NC2CCN(C(=O)COc3ccc(I)cc3)CC2)cn1. The van der Waals surface area contributed by atoms with Crippen molar-refractivity contribution in [1.82, 2.24) is 20.0 Å². The summed E-state index contributed by atoms with van der Waals surface area (Å²) in [4.78, 5) is 26.2. The molecule has 1 saturated heterocycles. The van der Waals surface area contributed by atoms with E-state index in [1.807, 2.05) is 24.3 Å². The van der Waals surface area contributed by atoms with Gasteiger partial charge in [-0.05, 0) is 59.7 Å². The Morgan fingerprint density at radius 1 is 1.27 bits per heavy atom. The van der Waals surface area contributed by atoms with Crippen molar-refractivity contribution in [3.8, 4) is 5.75 Å². The van der Waals surface area contributed by atoms with Crippen LogP contribution in [0.4, 0.5) is 0 Å². The van der Waals surface area contributed by atoms with Crippen molar-refractivity contribution in [1.29, 1.82) is 0 Å². The molecule has 1 N–H and O–H groups in total. The van der Waals surface area contributed by atoms with Crippen LogP contribution in [0.25, 0.3) is 0 Å². The zero-order valence-electron chi connectivity index (χ0n) is 14.5. The maximum absolute atomic E-state index is 12.3. The lowest BCUT2D eigenvalue weighted by Crippen LogP contribution is -2.47. The van der Waals surface area contributed by atoms with E-state index < -0.39 is 0 Å². The van der Waals surface area contributed by atoms with Crippen molar-refractivity contribution in [3.63, 3.8) is 0 Å². The van der Waals surface area contributed by atoms with Gasteiger partial charge in [-0.3, -0.25) is 14.3 Å². The van der Waals surface area contributed by atoms with E-state index >= 15 is 0 Å². The number of piperidine rings is 1. The normalized spacial score (nSPS) is 14.9. The molecule has 1 aliphatic rings. The number of benzene rings is 1. The third kappa shape index (κ3) is 4.96. The molecule has 0 radical (unpaired) electrons. The molecule has 1 aromatic heterocycles. The summed E-state index contributed by atoms with van der Waals surface area (Å²) in [5.41, 5.74) is 0.553. The zero-order chi connectivity index (χ0) is 18.5. The second-order valence-corrected chi connectivity index (χ2v) is 7.52. The van der Waals surface area contributed by atoms with E-state index in [9.17, 15) is 9.59 Å². The van der Waals surface area contributed by atoms with Gasteiger partial charge in [-0.1, -0.05) is 0 Å². The topological polar surface area (TPSA) is 76.5 Å². The number of likely N-dealkylation sites (tertiary alicyclic amines) is 1. The molecule has 26 heavy (non-hydrogen) atoms. The van der Waals surface area contributed by atoms with E-state index in [0.717, 1.165) is 16.4 Å². The van der Waals surface area contributed by atoms with Gasteiger partial charge in [0.2, 0.25) is 0 Å². The summed E-state index contributed by atoms with van der Waals surface area (Å²) in [6.07, 6.45) is 4.72. The van der Waals surface area contributed by atoms with Gasteiger partial charge in [0.25, 0.3) is 11.8 Å². The molecular weight excluding hydrogens is 447 g/mol. The van der Waals surface area contributed by atoms with Crippen LogP contribution < -0.4 is 10.1 Å². The molecule has 0 unspecified atom stereocenters. The number of nitrogens with one attached hydrogen (secondary N) is 1. The molecule has 1 aromatic carbocycles. The zero-order valence-corrected chi connectivity index (χ0v) is 16.7. The minimum absolute atomic E-state index is 0.0272. The van der Waals surface area contributed by atoms with Crippen molar-refractivity contribution in [3.05, 3.63) is 45.8 Å². The quantitative estimate of drug-likeness (QED) is 0.680. The minimum atomic E-state index is -0.120. The first-order valence-corrected chi connectivity index (χ1v) is 9.55. The summed E-state index contributed by atoms with van der Waals surface area (Å²) in [5.74, 6) is 0.544. The molecule has 7 nitrogen and oxygen atoms in total. The molecule has 3 rings (SSSR count). The number of hydrogen-bond donors (Lipinski definition) is 1. The van der Waals surface area contributed by atoms with Gasteiger partial charge in [-0.2, -0.15) is 5.10 Å². The van der Waals surface area contributed by atoms with E-state index in [1.165, 1.54) is 0 Å². The number of halogens is 1. The number of aryl methyl sites for hydroxylation is 1. The molecule has 2 amide bonds. The third-order valence-corrected chi connectivity index (χ3v) is 5.05. The van der Waals surface area contributed by atoms with Crippen LogP contribution in [0.5, 0.6) is 5.75 Å². The van der Waals surface area contributed by atoms with Crippen LogP contribution in [0.3, 0.4) is 0 Å². The van der Waals surface area contributed by atoms with Crippen LogP contribution >= 0.6 is 22.6 Å². The Labute approximate surface area is 165 Å². The fraction of sp³-hybridized carbons (Fsp3) is 0.389. The Balaban J connectivity index is 1.42. The second-order valence-electron chi connectivity index (χ2n) is 6.27. The fourth-order valence-electron chi connectivity index (χ4n) is 2.85. The van der Waals surface area contributed by atoms with Crippen molar-refractivity contribution >= 4 is 34.4 Å². The summed E-state index contributed by atoms with van der Waals surface area (Å²) in [5, 5.41) is 7.01. The Bertz CT molecular complexity index is 767. The fourth-order valence-corrected chi connectivity index (χ4v) is 3.21. The Hall–Kier alpha value is -2.10. The van der Waals surface area contributed by atoms with E-state index in [1.54, 1.807) is 29.0 Å². The number of nitrogens with zero attached hydrogens (tertiary/aromatic N) is 3. The Kier molecular flexibility index (Phi) is 6.12. The molecule has 0 saturated carbocycles. The van der Waals surface area contributed by atoms with E-state index in [0.29, 0.717) is 24.4 Å². The van der Waals surface area contributed by atoms with Crippen molar-refractivity contribution in [2.45, 2.75) is 18.9 Å². The highest BCUT2D eigenvalue weighted by Crippen LogP contribution is 2.15. The van der Waals surface area contributed by atoms with Gasteiger partial charge in [0.1, 0.15) is 5.75 Å². The van der Waals surface area contributed by atoms with Gasteiger partial charge < -0.3 is 15.0 Å². The van der Waals surface area contributed by atoms with Crippen molar-refractivity contribution < 1.29 is 14.3 Å². The summed E-state index contributed by atoms with van der Waals surface area (Å²) in [7, 11) is 1.78. The first-order valence-electron chi connectivity index (χ1n) is 8.47. The molecular formula is C18H21IN4O3. The van der Waals surface area contributed by atoms with E-state index in [2.05, 4.69) is 33.0 Å². The summed E-state index contributed by atoms with van der Waals surface area (Å²) < 4.78 is 8.28. The van der Waals surface area contributed by atoms with Crippen LogP contribution in [0.15, 0.2) is 36.7 Å². The van der Waals surface area contributed by atoms with Gasteiger partial charge in [0.05, 0.1) is 11.8 Å². The molecule has 0 bridgehead atoms. The molecule has 1 aliphatic heterocycles. The van der Waals surface area contributed by atoms with Crippen LogP contribution in [0, 0.1) is 3.57 Å².